The molecule has 3 rings (SSSR count). The lowest BCUT2D eigenvalue weighted by atomic mass is 10.0. The molecule has 1 fully saturated rings. The van der Waals surface area contributed by atoms with Gasteiger partial charge in [-0.2, -0.15) is 0 Å². The van der Waals surface area contributed by atoms with Crippen LogP contribution in [0.5, 0.6) is 5.75 Å². The van der Waals surface area contributed by atoms with Gasteiger partial charge in [-0.1, -0.05) is 0 Å². The summed E-state index contributed by atoms with van der Waals surface area (Å²) in [7, 11) is 0. The van der Waals surface area contributed by atoms with Gasteiger partial charge in [-0.3, -0.25) is 24.1 Å². The molecule has 15 nitrogen and oxygen atoms in total. The molecule has 1 aliphatic rings. The highest BCUT2D eigenvalue weighted by Crippen LogP contribution is 2.30. The van der Waals surface area contributed by atoms with Crippen LogP contribution >= 0.6 is 0 Å². The lowest BCUT2D eigenvalue weighted by Crippen LogP contribution is -2.56. The van der Waals surface area contributed by atoms with Crippen molar-refractivity contribution in [1.82, 2.24) is 19.9 Å². The van der Waals surface area contributed by atoms with E-state index in [2.05, 4.69) is 10.3 Å². The highest BCUT2D eigenvalue weighted by atomic mass is 16.6. The van der Waals surface area contributed by atoms with Crippen LogP contribution in [0.3, 0.4) is 0 Å². The second-order valence-electron chi connectivity index (χ2n) is 7.61. The number of pyridine rings is 1. The first-order valence-electron chi connectivity index (χ1n) is 9.94. The van der Waals surface area contributed by atoms with Gasteiger partial charge in [0.15, 0.2) is 12.3 Å². The van der Waals surface area contributed by atoms with Crippen LogP contribution in [0.1, 0.15) is 24.4 Å². The maximum atomic E-state index is 12.5. The third kappa shape index (κ3) is 5.29. The lowest BCUT2D eigenvalue weighted by molar-refractivity contribution is -0.149. The van der Waals surface area contributed by atoms with Crippen LogP contribution in [0.4, 0.5) is 0 Å². The number of aromatic amines is 1. The molecule has 1 amide bonds. The van der Waals surface area contributed by atoms with Gasteiger partial charge in [-0.15, -0.1) is 0 Å². The summed E-state index contributed by atoms with van der Waals surface area (Å²) in [6.45, 7) is 0. The maximum Gasteiger partial charge on any atom is 0.330 e. The SMILES string of the molecule is N[C@H](C[C@H](O)c1ccc(O)cn1)C(=O)NC(C(=O)O)[C@H]1O[C@@H](n2ccc(=O)[nH]c2=O)[C@H](O)[C@@H]1O. The number of hydrogen-bond acceptors (Lipinski definition) is 11. The van der Waals surface area contributed by atoms with E-state index in [1.165, 1.54) is 12.1 Å². The molecule has 1 saturated heterocycles. The molecule has 15 heteroatoms. The van der Waals surface area contributed by atoms with Crippen molar-refractivity contribution in [1.29, 1.82) is 0 Å². The van der Waals surface area contributed by atoms with E-state index < -0.39 is 65.9 Å². The number of aliphatic hydroxyl groups excluding tert-OH is 3. The molecule has 2 aromatic rings. The average molecular weight is 481 g/mol. The number of nitrogens with zero attached hydrogens (tertiary/aromatic N) is 2. The van der Waals surface area contributed by atoms with Gasteiger partial charge in [-0.05, 0) is 12.1 Å². The van der Waals surface area contributed by atoms with Crippen LogP contribution in [0.25, 0.3) is 0 Å². The van der Waals surface area contributed by atoms with E-state index in [0.717, 1.165) is 23.0 Å². The molecule has 0 bridgehead atoms. The Balaban J connectivity index is 1.72. The summed E-state index contributed by atoms with van der Waals surface area (Å²) in [6, 6.07) is 0.240. The van der Waals surface area contributed by atoms with Crippen LogP contribution in [-0.4, -0.2) is 82.3 Å². The quantitative estimate of drug-likeness (QED) is 0.181. The Bertz CT molecular complexity index is 1150. The zero-order valence-electron chi connectivity index (χ0n) is 17.4. The van der Waals surface area contributed by atoms with Crippen molar-refractivity contribution in [2.45, 2.75) is 49.1 Å². The van der Waals surface area contributed by atoms with Gasteiger partial charge in [-0.25, -0.2) is 9.59 Å². The Kier molecular flexibility index (Phi) is 7.43. The van der Waals surface area contributed by atoms with Crippen molar-refractivity contribution in [3.63, 3.8) is 0 Å². The highest BCUT2D eigenvalue weighted by Gasteiger charge is 2.50. The third-order valence-corrected chi connectivity index (χ3v) is 5.22. The molecule has 0 spiro atoms. The first kappa shape index (κ1) is 25.0. The summed E-state index contributed by atoms with van der Waals surface area (Å²) < 4.78 is 6.13. The molecule has 34 heavy (non-hydrogen) atoms. The van der Waals surface area contributed by atoms with E-state index in [4.69, 9.17) is 10.5 Å². The number of nitrogens with two attached hydrogens (primary N) is 1. The van der Waals surface area contributed by atoms with Crippen LogP contribution in [0.15, 0.2) is 40.2 Å². The number of carboxylic acids is 1. The van der Waals surface area contributed by atoms with Crippen LogP contribution < -0.4 is 22.3 Å². The Hall–Kier alpha value is -3.63. The number of aliphatic hydroxyl groups is 3. The standard InChI is InChI=1S/C19H23N5O10/c20-8(5-10(26)9-2-1-7(25)6-21-9)16(30)23-12(18(31)32)15-13(28)14(29)17(34-15)24-4-3-11(27)22-19(24)33/h1-4,6,8,10,12-15,17,25-26,28-29H,5,20H2,(H,23,30)(H,31,32)(H,22,27,33)/t8-,10+,12?,13+,14-,15-,17-/m1/s1. The molecule has 0 saturated carbocycles. The summed E-state index contributed by atoms with van der Waals surface area (Å²) in [5.74, 6) is -2.78. The summed E-state index contributed by atoms with van der Waals surface area (Å²) in [5, 5.41) is 51.8. The average Bonchev–Trinajstić information content (AvgIpc) is 3.06. The minimum atomic E-state index is -1.89. The zero-order chi connectivity index (χ0) is 25.2. The number of carbonyl (C=O) groups is 2. The van der Waals surface area contributed by atoms with Crippen molar-refractivity contribution in [2.75, 3.05) is 0 Å². The molecule has 1 aliphatic heterocycles. The van der Waals surface area contributed by atoms with Gasteiger partial charge in [0.25, 0.3) is 5.56 Å². The first-order chi connectivity index (χ1) is 16.0. The Labute approximate surface area is 190 Å². The summed E-state index contributed by atoms with van der Waals surface area (Å²) in [6.07, 6.45) is -6.46. The number of rotatable bonds is 8. The predicted molar refractivity (Wildman–Crippen MR) is 110 cm³/mol. The summed E-state index contributed by atoms with van der Waals surface area (Å²) in [5.41, 5.74) is 4.19. The van der Waals surface area contributed by atoms with Crippen molar-refractivity contribution in [3.8, 4) is 5.75 Å². The Morgan fingerprint density at radius 1 is 1.24 bits per heavy atom. The van der Waals surface area contributed by atoms with Crippen LogP contribution in [0, 0.1) is 0 Å². The summed E-state index contributed by atoms with van der Waals surface area (Å²) in [4.78, 5) is 53.3. The highest BCUT2D eigenvalue weighted by molar-refractivity contribution is 5.87. The molecular weight excluding hydrogens is 458 g/mol. The van der Waals surface area contributed by atoms with Gasteiger partial charge >= 0.3 is 11.7 Å². The number of carbonyl (C=O) groups excluding carboxylic acids is 1. The van der Waals surface area contributed by atoms with E-state index in [9.17, 15) is 44.7 Å². The minimum Gasteiger partial charge on any atom is -0.506 e. The number of nitrogens with one attached hydrogen (secondary N) is 2. The molecular formula is C19H23N5O10. The molecule has 0 aromatic carbocycles. The van der Waals surface area contributed by atoms with Crippen molar-refractivity contribution in [3.05, 3.63) is 57.1 Å². The maximum absolute atomic E-state index is 12.5. The van der Waals surface area contributed by atoms with Gasteiger partial charge < -0.3 is 41.3 Å². The second kappa shape index (κ2) is 10.1. The number of ether oxygens (including phenoxy) is 1. The topological polar surface area (TPSA) is 250 Å². The van der Waals surface area contributed by atoms with Gasteiger partial charge in [0, 0.05) is 18.7 Å². The zero-order valence-corrected chi connectivity index (χ0v) is 17.4. The van der Waals surface area contributed by atoms with E-state index >= 15 is 0 Å². The molecule has 2 aromatic heterocycles. The van der Waals surface area contributed by atoms with Crippen molar-refractivity contribution < 1.29 is 39.9 Å². The van der Waals surface area contributed by atoms with Crippen molar-refractivity contribution >= 4 is 11.9 Å². The third-order valence-electron chi connectivity index (χ3n) is 5.22. The molecule has 7 atom stereocenters. The molecule has 3 heterocycles. The fourth-order valence-corrected chi connectivity index (χ4v) is 3.43. The summed E-state index contributed by atoms with van der Waals surface area (Å²) >= 11 is 0. The fraction of sp³-hybridized carbons (Fsp3) is 0.421. The number of amides is 1. The van der Waals surface area contributed by atoms with Crippen LogP contribution in [-0.2, 0) is 14.3 Å². The monoisotopic (exact) mass is 481 g/mol. The van der Waals surface area contributed by atoms with E-state index in [-0.39, 0.29) is 17.9 Å². The molecule has 0 radical (unpaired) electrons. The van der Waals surface area contributed by atoms with Gasteiger partial charge in [0.1, 0.15) is 24.1 Å². The molecule has 1 unspecified atom stereocenters. The predicted octanol–water partition coefficient (Wildman–Crippen LogP) is -3.72. The normalized spacial score (nSPS) is 24.8. The van der Waals surface area contributed by atoms with Gasteiger partial charge in [0.05, 0.1) is 24.0 Å². The molecule has 0 aliphatic carbocycles. The number of hydrogen-bond donors (Lipinski definition) is 8. The smallest absolute Gasteiger partial charge is 0.330 e. The molecule has 9 N–H and O–H groups in total. The number of carboxylic acid groups (broad SMARTS) is 1. The second-order valence-corrected chi connectivity index (χ2v) is 7.61. The van der Waals surface area contributed by atoms with Crippen molar-refractivity contribution in [2.24, 2.45) is 5.73 Å². The number of aromatic nitrogens is 3. The lowest BCUT2D eigenvalue weighted by Gasteiger charge is -2.25. The Morgan fingerprint density at radius 3 is 2.53 bits per heavy atom. The fourth-order valence-electron chi connectivity index (χ4n) is 3.43. The van der Waals surface area contributed by atoms with Crippen LogP contribution in [0.2, 0.25) is 0 Å². The Morgan fingerprint density at radius 2 is 1.94 bits per heavy atom. The van der Waals surface area contributed by atoms with Gasteiger partial charge in [0.2, 0.25) is 5.91 Å². The van der Waals surface area contributed by atoms with E-state index in [1.807, 2.05) is 4.98 Å². The number of aromatic hydroxyl groups is 1. The van der Waals surface area contributed by atoms with E-state index in [0.29, 0.717) is 0 Å². The first-order valence-corrected chi connectivity index (χ1v) is 9.94. The van der Waals surface area contributed by atoms with E-state index in [1.54, 1.807) is 0 Å². The number of H-pyrrole nitrogens is 1. The largest absolute Gasteiger partial charge is 0.506 e. The minimum absolute atomic E-state index is 0.114. The molecule has 184 valence electrons. The number of aliphatic carboxylic acids is 1.